The lowest BCUT2D eigenvalue weighted by molar-refractivity contribution is -0.123. The van der Waals surface area contributed by atoms with E-state index in [1.165, 1.54) is 0 Å². The van der Waals surface area contributed by atoms with E-state index >= 15 is 0 Å². The highest BCUT2D eigenvalue weighted by molar-refractivity contribution is 5.85. The molecule has 1 unspecified atom stereocenters. The third kappa shape index (κ3) is 6.24. The summed E-state index contributed by atoms with van der Waals surface area (Å²) in [6.45, 7) is 5.47. The maximum absolute atomic E-state index is 11.7. The van der Waals surface area contributed by atoms with Crippen LogP contribution in [0.15, 0.2) is 0 Å². The molecular weight excluding hydrogens is 240 g/mol. The molecule has 0 saturated carbocycles. The molecule has 17 heavy (non-hydrogen) atoms. The SMILES string of the molecule is CC(C)C(O)CCNC(=O)[C@H]1CCCCN1.Cl. The number of piperidine rings is 1. The van der Waals surface area contributed by atoms with Gasteiger partial charge in [0.1, 0.15) is 0 Å². The Kier molecular flexibility index (Phi) is 8.56. The molecule has 2 atom stereocenters. The minimum absolute atomic E-state index is 0. The van der Waals surface area contributed by atoms with E-state index in [9.17, 15) is 9.90 Å². The molecular formula is C12H25ClN2O2. The van der Waals surface area contributed by atoms with E-state index in [2.05, 4.69) is 10.6 Å². The molecule has 1 aliphatic rings. The predicted octanol–water partition coefficient (Wildman–Crippen LogP) is 1.07. The standard InChI is InChI=1S/C12H24N2O2.ClH/c1-9(2)11(15)6-8-14-12(16)10-5-3-4-7-13-10;/h9-11,13,15H,3-8H2,1-2H3,(H,14,16);1H/t10-,11?;/m1./s1. The maximum Gasteiger partial charge on any atom is 0.237 e. The van der Waals surface area contributed by atoms with Gasteiger partial charge in [-0.1, -0.05) is 20.3 Å². The molecule has 1 heterocycles. The van der Waals surface area contributed by atoms with Gasteiger partial charge in [0, 0.05) is 6.54 Å². The number of aliphatic hydroxyl groups excluding tert-OH is 1. The Balaban J connectivity index is 0.00000256. The van der Waals surface area contributed by atoms with Crippen molar-refractivity contribution in [2.24, 2.45) is 5.92 Å². The Bertz CT molecular complexity index is 219. The zero-order chi connectivity index (χ0) is 12.0. The predicted molar refractivity (Wildman–Crippen MR) is 71.4 cm³/mol. The van der Waals surface area contributed by atoms with Crippen molar-refractivity contribution in [1.29, 1.82) is 0 Å². The van der Waals surface area contributed by atoms with Crippen LogP contribution < -0.4 is 10.6 Å². The van der Waals surface area contributed by atoms with E-state index in [1.807, 2.05) is 13.8 Å². The van der Waals surface area contributed by atoms with Crippen LogP contribution in [-0.2, 0) is 4.79 Å². The summed E-state index contributed by atoms with van der Waals surface area (Å²) in [7, 11) is 0. The van der Waals surface area contributed by atoms with Gasteiger partial charge in [-0.05, 0) is 31.7 Å². The molecule has 102 valence electrons. The molecule has 1 rings (SSSR count). The molecule has 1 saturated heterocycles. The monoisotopic (exact) mass is 264 g/mol. The molecule has 0 bridgehead atoms. The van der Waals surface area contributed by atoms with Crippen molar-refractivity contribution in [3.63, 3.8) is 0 Å². The summed E-state index contributed by atoms with van der Waals surface area (Å²) in [6, 6.07) is -0.0232. The van der Waals surface area contributed by atoms with Gasteiger partial charge in [0.05, 0.1) is 12.1 Å². The van der Waals surface area contributed by atoms with Gasteiger partial charge >= 0.3 is 0 Å². The van der Waals surface area contributed by atoms with Gasteiger partial charge in [-0.25, -0.2) is 0 Å². The van der Waals surface area contributed by atoms with Crippen molar-refractivity contribution in [2.45, 2.75) is 51.7 Å². The Morgan fingerprint density at radius 1 is 1.47 bits per heavy atom. The van der Waals surface area contributed by atoms with Gasteiger partial charge in [0.25, 0.3) is 0 Å². The van der Waals surface area contributed by atoms with Crippen molar-refractivity contribution >= 4 is 18.3 Å². The van der Waals surface area contributed by atoms with E-state index in [0.717, 1.165) is 25.8 Å². The highest BCUT2D eigenvalue weighted by Crippen LogP contribution is 2.07. The maximum atomic E-state index is 11.7. The second kappa shape index (κ2) is 8.72. The minimum atomic E-state index is -0.320. The smallest absolute Gasteiger partial charge is 0.237 e. The van der Waals surface area contributed by atoms with Gasteiger partial charge in [-0.2, -0.15) is 0 Å². The summed E-state index contributed by atoms with van der Waals surface area (Å²) in [5, 5.41) is 15.7. The number of halogens is 1. The Morgan fingerprint density at radius 2 is 2.18 bits per heavy atom. The first-order valence-corrected chi connectivity index (χ1v) is 6.30. The van der Waals surface area contributed by atoms with Crippen LogP contribution in [0.2, 0.25) is 0 Å². The summed E-state index contributed by atoms with van der Waals surface area (Å²) in [5.74, 6) is 0.334. The quantitative estimate of drug-likeness (QED) is 0.696. The molecule has 0 aliphatic carbocycles. The average Bonchev–Trinajstić information content (AvgIpc) is 2.29. The number of amides is 1. The molecule has 1 fully saturated rings. The van der Waals surface area contributed by atoms with Crippen LogP contribution >= 0.6 is 12.4 Å². The van der Waals surface area contributed by atoms with Crippen LogP contribution in [0.1, 0.15) is 39.5 Å². The fourth-order valence-corrected chi connectivity index (χ4v) is 1.88. The number of carbonyl (C=O) groups is 1. The number of nitrogens with one attached hydrogen (secondary N) is 2. The summed E-state index contributed by atoms with van der Waals surface area (Å²) in [5.41, 5.74) is 0. The fourth-order valence-electron chi connectivity index (χ4n) is 1.88. The molecule has 0 radical (unpaired) electrons. The van der Waals surface area contributed by atoms with E-state index in [0.29, 0.717) is 13.0 Å². The number of hydrogen-bond acceptors (Lipinski definition) is 3. The number of aliphatic hydroxyl groups is 1. The highest BCUT2D eigenvalue weighted by Gasteiger charge is 2.20. The lowest BCUT2D eigenvalue weighted by Gasteiger charge is -2.23. The summed E-state index contributed by atoms with van der Waals surface area (Å²) in [6.07, 6.45) is 3.53. The largest absolute Gasteiger partial charge is 0.393 e. The van der Waals surface area contributed by atoms with Crippen LogP contribution in [0.5, 0.6) is 0 Å². The summed E-state index contributed by atoms with van der Waals surface area (Å²) in [4.78, 5) is 11.7. The summed E-state index contributed by atoms with van der Waals surface area (Å²) >= 11 is 0. The van der Waals surface area contributed by atoms with Gasteiger partial charge in [0.2, 0.25) is 5.91 Å². The molecule has 0 aromatic heterocycles. The van der Waals surface area contributed by atoms with Crippen molar-refractivity contribution in [3.8, 4) is 0 Å². The van der Waals surface area contributed by atoms with Crippen molar-refractivity contribution < 1.29 is 9.90 Å². The van der Waals surface area contributed by atoms with Gasteiger partial charge in [-0.15, -0.1) is 12.4 Å². The third-order valence-electron chi connectivity index (χ3n) is 3.14. The van der Waals surface area contributed by atoms with Crippen molar-refractivity contribution in [3.05, 3.63) is 0 Å². The van der Waals surface area contributed by atoms with Crippen molar-refractivity contribution in [2.75, 3.05) is 13.1 Å². The van der Waals surface area contributed by atoms with Crippen LogP contribution in [0.4, 0.5) is 0 Å². The second-order valence-electron chi connectivity index (χ2n) is 4.89. The molecule has 0 spiro atoms. The molecule has 3 N–H and O–H groups in total. The Hall–Kier alpha value is -0.320. The van der Waals surface area contributed by atoms with Crippen LogP contribution in [0.3, 0.4) is 0 Å². The normalized spacial score (nSPS) is 21.8. The summed E-state index contributed by atoms with van der Waals surface area (Å²) < 4.78 is 0. The minimum Gasteiger partial charge on any atom is -0.393 e. The van der Waals surface area contributed by atoms with E-state index in [1.54, 1.807) is 0 Å². The molecule has 5 heteroatoms. The fraction of sp³-hybridized carbons (Fsp3) is 0.917. The molecule has 0 aromatic carbocycles. The number of rotatable bonds is 5. The highest BCUT2D eigenvalue weighted by atomic mass is 35.5. The lowest BCUT2D eigenvalue weighted by Crippen LogP contribution is -2.47. The number of carbonyl (C=O) groups excluding carboxylic acids is 1. The number of hydrogen-bond donors (Lipinski definition) is 3. The van der Waals surface area contributed by atoms with Gasteiger partial charge in [-0.3, -0.25) is 4.79 Å². The molecule has 1 amide bonds. The van der Waals surface area contributed by atoms with Gasteiger partial charge < -0.3 is 15.7 Å². The molecule has 1 aliphatic heterocycles. The average molecular weight is 265 g/mol. The van der Waals surface area contributed by atoms with Crippen LogP contribution in [0, 0.1) is 5.92 Å². The van der Waals surface area contributed by atoms with E-state index < -0.39 is 0 Å². The first kappa shape index (κ1) is 16.7. The third-order valence-corrected chi connectivity index (χ3v) is 3.14. The second-order valence-corrected chi connectivity index (χ2v) is 4.89. The van der Waals surface area contributed by atoms with Crippen LogP contribution in [0.25, 0.3) is 0 Å². The zero-order valence-electron chi connectivity index (χ0n) is 10.7. The first-order valence-electron chi connectivity index (χ1n) is 6.30. The Labute approximate surface area is 110 Å². The van der Waals surface area contributed by atoms with E-state index in [4.69, 9.17) is 0 Å². The van der Waals surface area contributed by atoms with Gasteiger partial charge in [0.15, 0.2) is 0 Å². The molecule has 4 nitrogen and oxygen atoms in total. The molecule has 0 aromatic rings. The van der Waals surface area contributed by atoms with Crippen LogP contribution in [-0.4, -0.2) is 36.2 Å². The lowest BCUT2D eigenvalue weighted by atomic mass is 10.0. The topological polar surface area (TPSA) is 61.4 Å². The Morgan fingerprint density at radius 3 is 2.71 bits per heavy atom. The first-order chi connectivity index (χ1) is 7.61. The van der Waals surface area contributed by atoms with Crippen molar-refractivity contribution in [1.82, 2.24) is 10.6 Å². The zero-order valence-corrected chi connectivity index (χ0v) is 11.6. The van der Waals surface area contributed by atoms with E-state index in [-0.39, 0.29) is 36.4 Å².